The van der Waals surface area contributed by atoms with Gasteiger partial charge in [-0.15, -0.1) is 0 Å². The number of carboxylic acid groups (broad SMARTS) is 1. The molecule has 6 rings (SSSR count). The molecule has 0 fully saturated rings. The van der Waals surface area contributed by atoms with Gasteiger partial charge in [-0.3, -0.25) is 4.79 Å². The molecule has 2 heterocycles. The molecular formula is C46H53N2O9S2-. The maximum atomic E-state index is 11.7. The highest BCUT2D eigenvalue weighted by Gasteiger charge is 2.44. The second-order valence-electron chi connectivity index (χ2n) is 16.5. The molecule has 0 atom stereocenters. The molecular weight excluding hydrogens is 789 g/mol. The van der Waals surface area contributed by atoms with Crippen LogP contribution in [0.1, 0.15) is 96.6 Å². The van der Waals surface area contributed by atoms with Crippen LogP contribution in [-0.4, -0.2) is 66.1 Å². The summed E-state index contributed by atoms with van der Waals surface area (Å²) in [6.07, 6.45) is 13.9. The molecule has 3 aliphatic rings. The van der Waals surface area contributed by atoms with Crippen LogP contribution in [0, 0.1) is 0 Å². The third kappa shape index (κ3) is 10.1. The molecule has 13 heteroatoms. The maximum absolute atomic E-state index is 11.7. The van der Waals surface area contributed by atoms with Crippen molar-refractivity contribution in [3.8, 4) is 5.75 Å². The zero-order chi connectivity index (χ0) is 42.6. The molecule has 1 N–H and O–H groups in total. The fraction of sp³-hybridized carbons (Fsp3) is 0.391. The molecule has 3 aromatic carbocycles. The highest BCUT2D eigenvalue weighted by molar-refractivity contribution is 7.86. The van der Waals surface area contributed by atoms with Crippen LogP contribution in [0.25, 0.3) is 0 Å². The second kappa shape index (κ2) is 17.8. The van der Waals surface area contributed by atoms with E-state index >= 15 is 0 Å². The average Bonchev–Trinajstić information content (AvgIpc) is 3.52. The Bertz CT molecular complexity index is 2460. The molecule has 0 radical (unpaired) electrons. The Morgan fingerprint density at radius 1 is 0.814 bits per heavy atom. The van der Waals surface area contributed by atoms with Gasteiger partial charge < -0.3 is 23.8 Å². The zero-order valence-electron chi connectivity index (χ0n) is 34.1. The molecule has 0 bridgehead atoms. The van der Waals surface area contributed by atoms with E-state index in [2.05, 4.69) is 85.7 Å². The van der Waals surface area contributed by atoms with Crippen LogP contribution in [-0.2, 0) is 35.9 Å². The van der Waals surface area contributed by atoms with E-state index in [9.17, 15) is 30.7 Å². The van der Waals surface area contributed by atoms with Crippen molar-refractivity contribution in [1.82, 2.24) is 0 Å². The van der Waals surface area contributed by atoms with Gasteiger partial charge >= 0.3 is 5.97 Å². The Kier molecular flexibility index (Phi) is 13.2. The van der Waals surface area contributed by atoms with Crippen LogP contribution >= 0.6 is 0 Å². The molecule has 2 aliphatic heterocycles. The Hall–Kier alpha value is -4.82. The van der Waals surface area contributed by atoms with Crippen LogP contribution in [0.4, 0.5) is 11.4 Å². The van der Waals surface area contributed by atoms with Gasteiger partial charge in [0.2, 0.25) is 5.69 Å². The summed E-state index contributed by atoms with van der Waals surface area (Å²) in [6, 6.07) is 22.0. The first-order valence-electron chi connectivity index (χ1n) is 20.2. The number of carbonyl (C=O) groups is 1. The Morgan fingerprint density at radius 3 is 2.20 bits per heavy atom. The van der Waals surface area contributed by atoms with E-state index in [4.69, 9.17) is 9.84 Å². The summed E-state index contributed by atoms with van der Waals surface area (Å²) < 4.78 is 78.2. The van der Waals surface area contributed by atoms with E-state index in [0.29, 0.717) is 43.7 Å². The fourth-order valence-electron chi connectivity index (χ4n) is 8.54. The van der Waals surface area contributed by atoms with E-state index in [1.54, 1.807) is 0 Å². The molecule has 11 nitrogen and oxygen atoms in total. The van der Waals surface area contributed by atoms with E-state index in [1.807, 2.05) is 24.3 Å². The number of rotatable bonds is 17. The number of allylic oxidation sites excluding steroid dienone is 7. The number of para-hydroxylation sites is 2. The summed E-state index contributed by atoms with van der Waals surface area (Å²) in [5, 5.41) is 9.15. The summed E-state index contributed by atoms with van der Waals surface area (Å²) in [4.78, 5) is 13.0. The van der Waals surface area contributed by atoms with Crippen molar-refractivity contribution in [1.29, 1.82) is 0 Å². The summed E-state index contributed by atoms with van der Waals surface area (Å²) in [5.41, 5.74) is 7.80. The van der Waals surface area contributed by atoms with E-state index in [-0.39, 0.29) is 23.2 Å². The Balaban J connectivity index is 1.41. The molecule has 0 spiro atoms. The minimum absolute atomic E-state index is 0.148. The minimum Gasteiger partial charge on any atom is -0.748 e. The number of ether oxygens (including phenoxy) is 1. The van der Waals surface area contributed by atoms with Gasteiger partial charge in [-0.05, 0) is 118 Å². The lowest BCUT2D eigenvalue weighted by atomic mass is 9.81. The standard InChI is InChI=1S/C46H54N2O9S2/c1-45(2)37-17-7-9-19-39(37)47(30-11-5-6-21-43(49)50)41(45)28-22-33-15-14-16-34(44(33)57-35-24-26-36(27-25-35)59(54,55)56)23-29-42-46(3,4)38-18-8-10-20-40(38)48(42)31-12-13-32-58(51,52)53/h7-10,17-20,22-29H,5-6,11-16,21,30-32H2,1-4H3,(H2-,49,50,51,52,53,54,55,56)/p-1. The summed E-state index contributed by atoms with van der Waals surface area (Å²) >= 11 is 0. The van der Waals surface area contributed by atoms with Crippen molar-refractivity contribution in [3.63, 3.8) is 0 Å². The van der Waals surface area contributed by atoms with Crippen molar-refractivity contribution in [2.24, 2.45) is 0 Å². The lowest BCUT2D eigenvalue weighted by Crippen LogP contribution is -2.28. The van der Waals surface area contributed by atoms with Gasteiger partial charge in [0.25, 0.3) is 0 Å². The number of fused-ring (bicyclic) bond motifs is 2. The number of unbranched alkanes of at least 4 members (excludes halogenated alkanes) is 3. The zero-order valence-corrected chi connectivity index (χ0v) is 35.8. The lowest BCUT2D eigenvalue weighted by Gasteiger charge is -2.28. The Morgan fingerprint density at radius 2 is 1.51 bits per heavy atom. The first-order valence-corrected chi connectivity index (χ1v) is 23.2. The number of aliphatic carboxylic acids is 1. The topological polar surface area (TPSA) is 167 Å². The average molecular weight is 842 g/mol. The highest BCUT2D eigenvalue weighted by atomic mass is 32.2. The Labute approximate surface area is 348 Å². The number of hydrogen-bond acceptors (Lipinski definition) is 9. The fourth-order valence-corrected chi connectivity index (χ4v) is 9.57. The van der Waals surface area contributed by atoms with Crippen molar-refractivity contribution >= 4 is 43.3 Å². The molecule has 0 saturated heterocycles. The first-order chi connectivity index (χ1) is 27.9. The lowest BCUT2D eigenvalue weighted by molar-refractivity contribution is -0.438. The minimum atomic E-state index is -4.65. The molecule has 1 aliphatic carbocycles. The normalized spacial score (nSPS) is 18.9. The number of benzene rings is 3. The van der Waals surface area contributed by atoms with Gasteiger partial charge in [0.15, 0.2) is 5.71 Å². The summed E-state index contributed by atoms with van der Waals surface area (Å²) in [6.45, 7) is 9.99. The number of nitrogens with zero attached hydrogens (tertiary/aromatic N) is 2. The van der Waals surface area contributed by atoms with Crippen molar-refractivity contribution in [2.75, 3.05) is 23.7 Å². The SMILES string of the molecule is CC1(C)C(/C=C/C2=C(Oc3ccc(S(=O)(=O)[O-])cc3)C(=C/C=C3/N(CCCCS(=O)(=O)[O-])c4ccccc4C3(C)C)/CCC2)=[N+](CCCCCC(=O)O)c2ccccc21. The number of carboxylic acids is 1. The van der Waals surface area contributed by atoms with Crippen molar-refractivity contribution in [3.05, 3.63) is 131 Å². The maximum Gasteiger partial charge on any atom is 0.303 e. The third-order valence-corrected chi connectivity index (χ3v) is 13.2. The smallest absolute Gasteiger partial charge is 0.303 e. The van der Waals surface area contributed by atoms with Crippen molar-refractivity contribution < 1.29 is 45.2 Å². The van der Waals surface area contributed by atoms with Crippen LogP contribution in [0.15, 0.2) is 125 Å². The predicted molar refractivity (Wildman–Crippen MR) is 227 cm³/mol. The molecule has 0 saturated carbocycles. The van der Waals surface area contributed by atoms with E-state index < -0.39 is 37.4 Å². The van der Waals surface area contributed by atoms with E-state index in [0.717, 1.165) is 65.3 Å². The molecule has 3 aromatic rings. The molecule has 59 heavy (non-hydrogen) atoms. The van der Waals surface area contributed by atoms with Crippen LogP contribution in [0.3, 0.4) is 0 Å². The van der Waals surface area contributed by atoms with Crippen LogP contribution in [0.5, 0.6) is 5.75 Å². The summed E-state index contributed by atoms with van der Waals surface area (Å²) in [7, 11) is -8.97. The van der Waals surface area contributed by atoms with Crippen molar-refractivity contribution in [2.45, 2.75) is 101 Å². The van der Waals surface area contributed by atoms with Crippen LogP contribution in [0.2, 0.25) is 0 Å². The third-order valence-electron chi connectivity index (χ3n) is 11.6. The molecule has 0 unspecified atom stereocenters. The monoisotopic (exact) mass is 841 g/mol. The van der Waals surface area contributed by atoms with Gasteiger partial charge in [-0.2, -0.15) is 4.58 Å². The summed E-state index contributed by atoms with van der Waals surface area (Å²) in [5.74, 6) is -0.183. The van der Waals surface area contributed by atoms with Crippen LogP contribution < -0.4 is 9.64 Å². The quantitative estimate of drug-likeness (QED) is 0.0790. The van der Waals surface area contributed by atoms with Gasteiger partial charge in [0.05, 0.1) is 20.4 Å². The van der Waals surface area contributed by atoms with E-state index in [1.165, 1.54) is 29.8 Å². The predicted octanol–water partition coefficient (Wildman–Crippen LogP) is 8.62. The second-order valence-corrected chi connectivity index (χ2v) is 19.4. The first kappa shape index (κ1) is 43.8. The molecule has 0 aromatic heterocycles. The van der Waals surface area contributed by atoms with Gasteiger partial charge in [0.1, 0.15) is 28.2 Å². The number of anilines is 1. The van der Waals surface area contributed by atoms with Gasteiger partial charge in [-0.25, -0.2) is 16.8 Å². The molecule has 0 amide bonds. The largest absolute Gasteiger partial charge is 0.748 e. The number of hydrogen-bond donors (Lipinski definition) is 1. The highest BCUT2D eigenvalue weighted by Crippen LogP contribution is 2.48. The molecule has 314 valence electrons. The van der Waals surface area contributed by atoms with Gasteiger partial charge in [-0.1, -0.05) is 56.3 Å². The van der Waals surface area contributed by atoms with Gasteiger partial charge in [0, 0.05) is 59.6 Å².